The molecule has 1 unspecified atom stereocenters. The number of alkyl halides is 2. The van der Waals surface area contributed by atoms with Crippen molar-refractivity contribution in [2.45, 2.75) is 10.9 Å². The number of methoxy groups -OCH3 is 1. The Labute approximate surface area is 112 Å². The molecule has 0 aromatic heterocycles. The molecule has 7 heteroatoms. The molecular formula is C12H12F4O2S. The number of hydrogen-bond acceptors (Lipinski definition) is 3. The van der Waals surface area contributed by atoms with Gasteiger partial charge in [0.15, 0.2) is 5.60 Å². The van der Waals surface area contributed by atoms with Crippen molar-refractivity contribution in [3.8, 4) is 0 Å². The smallest absolute Gasteiger partial charge is 0.328 e. The van der Waals surface area contributed by atoms with Gasteiger partial charge in [-0.25, -0.2) is 8.78 Å². The topological polar surface area (TPSA) is 21.8 Å². The lowest BCUT2D eigenvalue weighted by Gasteiger charge is -2.23. The summed E-state index contributed by atoms with van der Waals surface area (Å²) < 4.78 is 64.1. The molecule has 0 aliphatic carbocycles. The summed E-state index contributed by atoms with van der Waals surface area (Å²) in [4.78, 5) is 0. The molecule has 1 aliphatic rings. The van der Waals surface area contributed by atoms with Crippen LogP contribution in [-0.2, 0) is 15.1 Å². The van der Waals surface area contributed by atoms with Gasteiger partial charge in [-0.3, -0.25) is 0 Å². The predicted octanol–water partition coefficient (Wildman–Crippen LogP) is 3.16. The maximum absolute atomic E-state index is 14.1. The van der Waals surface area contributed by atoms with Crippen LogP contribution in [0.15, 0.2) is 18.2 Å². The van der Waals surface area contributed by atoms with Crippen LogP contribution in [0.3, 0.4) is 0 Å². The van der Waals surface area contributed by atoms with Gasteiger partial charge < -0.3 is 9.47 Å². The van der Waals surface area contributed by atoms with E-state index in [9.17, 15) is 17.6 Å². The molecule has 19 heavy (non-hydrogen) atoms. The van der Waals surface area contributed by atoms with Crippen molar-refractivity contribution in [2.24, 2.45) is 0 Å². The molecule has 0 amide bonds. The minimum atomic E-state index is -3.30. The Kier molecular flexibility index (Phi) is 4.08. The number of rotatable bonds is 6. The molecule has 0 bridgehead atoms. The van der Waals surface area contributed by atoms with Gasteiger partial charge in [0.25, 0.3) is 0 Å². The van der Waals surface area contributed by atoms with Crippen molar-refractivity contribution in [1.29, 1.82) is 0 Å². The van der Waals surface area contributed by atoms with Crippen LogP contribution in [0.4, 0.5) is 17.6 Å². The van der Waals surface area contributed by atoms with Gasteiger partial charge in [0.2, 0.25) is 0 Å². The van der Waals surface area contributed by atoms with Crippen molar-refractivity contribution in [3.05, 3.63) is 35.4 Å². The zero-order valence-corrected chi connectivity index (χ0v) is 10.9. The molecule has 2 rings (SSSR count). The highest BCUT2D eigenvalue weighted by Crippen LogP contribution is 2.56. The van der Waals surface area contributed by atoms with E-state index in [4.69, 9.17) is 9.47 Å². The van der Waals surface area contributed by atoms with E-state index in [1.165, 1.54) is 7.11 Å². The lowest BCUT2D eigenvalue weighted by Crippen LogP contribution is -2.33. The first kappa shape index (κ1) is 14.6. The van der Waals surface area contributed by atoms with Crippen molar-refractivity contribution < 1.29 is 27.0 Å². The van der Waals surface area contributed by atoms with Gasteiger partial charge in [-0.05, 0) is 12.1 Å². The zero-order chi connectivity index (χ0) is 14.1. The SMILES string of the molecule is COCCSC(F)(F)C1(c2ccc(F)cc2F)CO1. The average Bonchev–Trinajstić information content (AvgIpc) is 3.11. The highest BCUT2D eigenvalue weighted by atomic mass is 32.2. The normalized spacial score (nSPS) is 22.6. The second kappa shape index (κ2) is 5.30. The first-order valence-corrected chi connectivity index (χ1v) is 6.52. The fourth-order valence-electron chi connectivity index (χ4n) is 1.74. The van der Waals surface area contributed by atoms with E-state index in [-0.39, 0.29) is 24.5 Å². The van der Waals surface area contributed by atoms with Crippen LogP contribution in [0.1, 0.15) is 5.56 Å². The third kappa shape index (κ3) is 2.73. The quantitative estimate of drug-likeness (QED) is 0.457. The van der Waals surface area contributed by atoms with Crippen LogP contribution < -0.4 is 0 Å². The van der Waals surface area contributed by atoms with E-state index in [0.29, 0.717) is 17.8 Å². The number of thioether (sulfide) groups is 1. The van der Waals surface area contributed by atoms with Crippen LogP contribution in [0.2, 0.25) is 0 Å². The van der Waals surface area contributed by atoms with Gasteiger partial charge in [0.05, 0.1) is 13.2 Å². The van der Waals surface area contributed by atoms with Crippen molar-refractivity contribution >= 4 is 11.8 Å². The third-order valence-corrected chi connectivity index (χ3v) is 3.90. The number of halogens is 4. The van der Waals surface area contributed by atoms with E-state index in [1.807, 2.05) is 0 Å². The fourth-order valence-corrected chi connectivity index (χ4v) is 2.71. The Morgan fingerprint density at radius 3 is 2.63 bits per heavy atom. The maximum Gasteiger partial charge on any atom is 0.328 e. The van der Waals surface area contributed by atoms with Gasteiger partial charge in [-0.15, -0.1) is 0 Å². The van der Waals surface area contributed by atoms with Crippen LogP contribution >= 0.6 is 11.8 Å². The molecule has 1 heterocycles. The summed E-state index contributed by atoms with van der Waals surface area (Å²) in [7, 11) is 1.40. The van der Waals surface area contributed by atoms with Crippen molar-refractivity contribution in [2.75, 3.05) is 26.1 Å². The fraction of sp³-hybridized carbons (Fsp3) is 0.500. The van der Waals surface area contributed by atoms with E-state index in [0.717, 1.165) is 12.1 Å². The Bertz CT molecular complexity index is 463. The van der Waals surface area contributed by atoms with Crippen molar-refractivity contribution in [1.82, 2.24) is 0 Å². The lowest BCUT2D eigenvalue weighted by molar-refractivity contribution is 0.00749. The second-order valence-corrected chi connectivity index (χ2v) is 5.31. The van der Waals surface area contributed by atoms with Gasteiger partial charge in [0.1, 0.15) is 11.6 Å². The summed E-state index contributed by atoms with van der Waals surface area (Å²) in [6.07, 6.45) is 0. The van der Waals surface area contributed by atoms with Crippen LogP contribution in [0.5, 0.6) is 0 Å². The minimum Gasteiger partial charge on any atom is -0.384 e. The molecule has 0 N–H and O–H groups in total. The molecule has 0 radical (unpaired) electrons. The Morgan fingerprint density at radius 2 is 2.11 bits per heavy atom. The molecule has 1 aliphatic heterocycles. The average molecular weight is 296 g/mol. The maximum atomic E-state index is 14.1. The van der Waals surface area contributed by atoms with E-state index >= 15 is 0 Å². The Balaban J connectivity index is 2.22. The van der Waals surface area contributed by atoms with Gasteiger partial charge in [-0.1, -0.05) is 11.8 Å². The van der Waals surface area contributed by atoms with Gasteiger partial charge >= 0.3 is 5.25 Å². The van der Waals surface area contributed by atoms with Crippen LogP contribution in [0, 0.1) is 11.6 Å². The molecular weight excluding hydrogens is 284 g/mol. The number of ether oxygens (including phenoxy) is 2. The summed E-state index contributed by atoms with van der Waals surface area (Å²) in [6.45, 7) is -0.134. The highest BCUT2D eigenvalue weighted by Gasteiger charge is 2.66. The van der Waals surface area contributed by atoms with E-state index in [2.05, 4.69) is 0 Å². The monoisotopic (exact) mass is 296 g/mol. The minimum absolute atomic E-state index is 0.0530. The third-order valence-electron chi connectivity index (χ3n) is 2.84. The Hall–Kier alpha value is -0.790. The molecule has 1 saturated heterocycles. The van der Waals surface area contributed by atoms with Crippen LogP contribution in [0.25, 0.3) is 0 Å². The zero-order valence-electron chi connectivity index (χ0n) is 10.1. The molecule has 1 fully saturated rings. The summed E-state index contributed by atoms with van der Waals surface area (Å²) in [5, 5.41) is -3.30. The molecule has 1 atom stereocenters. The number of benzene rings is 1. The predicted molar refractivity (Wildman–Crippen MR) is 63.3 cm³/mol. The Morgan fingerprint density at radius 1 is 1.42 bits per heavy atom. The van der Waals surface area contributed by atoms with Crippen molar-refractivity contribution in [3.63, 3.8) is 0 Å². The van der Waals surface area contributed by atoms with E-state index < -0.39 is 22.5 Å². The summed E-state index contributed by atoms with van der Waals surface area (Å²) >= 11 is 0.337. The first-order valence-electron chi connectivity index (χ1n) is 5.53. The second-order valence-electron chi connectivity index (χ2n) is 4.10. The van der Waals surface area contributed by atoms with E-state index in [1.54, 1.807) is 0 Å². The standard InChI is InChI=1S/C12H12F4O2S/c1-17-4-5-19-12(15,16)11(7-18-11)9-3-2-8(13)6-10(9)14/h2-3,6H,4-5,7H2,1H3. The molecule has 106 valence electrons. The molecule has 1 aromatic carbocycles. The molecule has 1 aromatic rings. The lowest BCUT2D eigenvalue weighted by atomic mass is 9.99. The molecule has 2 nitrogen and oxygen atoms in total. The largest absolute Gasteiger partial charge is 0.384 e. The van der Waals surface area contributed by atoms with Gasteiger partial charge in [-0.2, -0.15) is 8.78 Å². The molecule has 0 spiro atoms. The first-order chi connectivity index (χ1) is 8.93. The number of epoxide rings is 1. The number of hydrogen-bond donors (Lipinski definition) is 0. The molecule has 0 saturated carbocycles. The summed E-state index contributed by atoms with van der Waals surface area (Å²) in [5.74, 6) is -1.78. The van der Waals surface area contributed by atoms with Gasteiger partial charge in [0, 0.05) is 24.5 Å². The summed E-state index contributed by atoms with van der Waals surface area (Å²) in [6, 6.07) is 2.52. The highest BCUT2D eigenvalue weighted by molar-refractivity contribution is 8.00. The van der Waals surface area contributed by atoms with Crippen LogP contribution in [-0.4, -0.2) is 31.3 Å². The summed E-state index contributed by atoms with van der Waals surface area (Å²) in [5.41, 5.74) is -2.31.